The monoisotopic (exact) mass is 477 g/mol. The number of hydrogen-bond donors (Lipinski definition) is 0. The second-order valence-corrected chi connectivity index (χ2v) is 22.4. The second-order valence-electron chi connectivity index (χ2n) is 13.5. The highest BCUT2D eigenvalue weighted by molar-refractivity contribution is 6.70. The summed E-state index contributed by atoms with van der Waals surface area (Å²) in [6.45, 7) is 19.0. The standard InChI is InChI=1S/C26H47NO3Si2/c1-25-14-12-19(29-31(4,5)6)16-18(25)17-22(27-28-3)24-20-10-11-23(30-32(7,8)9)26(20,2)15-13-21(24)25/h17,19-21,23-24H,10-16H2,1-9H3/b27-22-/t19-,20?,21?,23-,24?,25-,26-/m0/s1. The molecule has 3 unspecified atom stereocenters. The summed E-state index contributed by atoms with van der Waals surface area (Å²) in [5.74, 6) is 1.79. The van der Waals surface area contributed by atoms with E-state index in [0.29, 0.717) is 30.0 Å². The molecule has 3 saturated carbocycles. The quantitative estimate of drug-likeness (QED) is 0.316. The summed E-state index contributed by atoms with van der Waals surface area (Å²) in [6, 6.07) is 0. The van der Waals surface area contributed by atoms with Gasteiger partial charge in [-0.25, -0.2) is 0 Å². The number of nitrogens with zero attached hydrogens (tertiary/aromatic N) is 1. The maximum atomic E-state index is 6.78. The molecule has 0 aliphatic heterocycles. The van der Waals surface area contributed by atoms with Crippen LogP contribution in [0.2, 0.25) is 39.3 Å². The van der Waals surface area contributed by atoms with E-state index in [1.165, 1.54) is 44.2 Å². The molecule has 0 heterocycles. The molecule has 0 radical (unpaired) electrons. The number of oxime groups is 1. The van der Waals surface area contributed by atoms with Crippen LogP contribution in [0.1, 0.15) is 58.8 Å². The summed E-state index contributed by atoms with van der Waals surface area (Å²) in [5.41, 5.74) is 3.30. The van der Waals surface area contributed by atoms with Gasteiger partial charge in [0, 0.05) is 12.0 Å². The van der Waals surface area contributed by atoms with E-state index in [0.717, 1.165) is 6.42 Å². The highest BCUT2D eigenvalue weighted by atomic mass is 28.4. The van der Waals surface area contributed by atoms with Crippen LogP contribution in [0.25, 0.3) is 0 Å². The van der Waals surface area contributed by atoms with Gasteiger partial charge < -0.3 is 13.7 Å². The number of hydrogen-bond acceptors (Lipinski definition) is 4. The van der Waals surface area contributed by atoms with Gasteiger partial charge in [0.25, 0.3) is 0 Å². The molecule has 6 heteroatoms. The number of rotatable bonds is 5. The van der Waals surface area contributed by atoms with E-state index in [9.17, 15) is 0 Å². The van der Waals surface area contributed by atoms with Gasteiger partial charge in [-0.1, -0.05) is 24.6 Å². The van der Waals surface area contributed by atoms with Gasteiger partial charge in [-0.15, -0.1) is 0 Å². The lowest BCUT2D eigenvalue weighted by atomic mass is 9.47. The van der Waals surface area contributed by atoms with Crippen LogP contribution in [0.5, 0.6) is 0 Å². The van der Waals surface area contributed by atoms with Gasteiger partial charge in [0.15, 0.2) is 16.6 Å². The lowest BCUT2D eigenvalue weighted by Crippen LogP contribution is -2.55. The molecule has 182 valence electrons. The van der Waals surface area contributed by atoms with E-state index >= 15 is 0 Å². The third kappa shape index (κ3) is 4.46. The Balaban J connectivity index is 1.66. The highest BCUT2D eigenvalue weighted by Gasteiger charge is 2.61. The molecule has 0 amide bonds. The Kier molecular flexibility index (Phi) is 6.44. The molecular formula is C26H47NO3Si2. The average Bonchev–Trinajstić information content (AvgIpc) is 2.97. The Bertz CT molecular complexity index is 783. The van der Waals surface area contributed by atoms with Crippen molar-refractivity contribution in [3.8, 4) is 0 Å². The molecule has 0 spiro atoms. The summed E-state index contributed by atoms with van der Waals surface area (Å²) < 4.78 is 13.3. The molecule has 4 aliphatic rings. The van der Waals surface area contributed by atoms with Crippen molar-refractivity contribution < 1.29 is 13.7 Å². The first-order valence-corrected chi connectivity index (χ1v) is 19.8. The van der Waals surface area contributed by atoms with Crippen molar-refractivity contribution in [1.29, 1.82) is 0 Å². The fraction of sp³-hybridized carbons (Fsp3) is 0.885. The lowest BCUT2D eigenvalue weighted by Gasteiger charge is -2.58. The van der Waals surface area contributed by atoms with E-state index in [4.69, 9.17) is 13.7 Å². The Morgan fingerprint density at radius 1 is 0.875 bits per heavy atom. The van der Waals surface area contributed by atoms with Crippen molar-refractivity contribution in [1.82, 2.24) is 0 Å². The summed E-state index contributed by atoms with van der Waals surface area (Å²) in [7, 11) is -1.40. The van der Waals surface area contributed by atoms with Crippen molar-refractivity contribution >= 4 is 22.3 Å². The van der Waals surface area contributed by atoms with Crippen molar-refractivity contribution in [2.45, 2.75) is 110 Å². The Morgan fingerprint density at radius 2 is 1.56 bits per heavy atom. The van der Waals surface area contributed by atoms with Crippen LogP contribution in [0.3, 0.4) is 0 Å². The zero-order valence-electron chi connectivity index (χ0n) is 22.1. The molecule has 32 heavy (non-hydrogen) atoms. The first kappa shape index (κ1) is 24.7. The normalized spacial score (nSPS) is 43.3. The van der Waals surface area contributed by atoms with Crippen LogP contribution in [-0.2, 0) is 13.7 Å². The minimum Gasteiger partial charge on any atom is -0.414 e. The van der Waals surface area contributed by atoms with E-state index in [-0.39, 0.29) is 10.8 Å². The molecular weight excluding hydrogens is 430 g/mol. The van der Waals surface area contributed by atoms with Gasteiger partial charge in [-0.2, -0.15) is 0 Å². The predicted octanol–water partition coefficient (Wildman–Crippen LogP) is 7.00. The first-order valence-electron chi connectivity index (χ1n) is 12.9. The van der Waals surface area contributed by atoms with Gasteiger partial charge in [0.2, 0.25) is 0 Å². The van der Waals surface area contributed by atoms with Gasteiger partial charge in [-0.3, -0.25) is 0 Å². The molecule has 4 rings (SSSR count). The lowest BCUT2D eigenvalue weighted by molar-refractivity contribution is -0.0429. The van der Waals surface area contributed by atoms with Crippen LogP contribution < -0.4 is 0 Å². The zero-order valence-corrected chi connectivity index (χ0v) is 24.1. The predicted molar refractivity (Wildman–Crippen MR) is 138 cm³/mol. The Labute approximate surface area is 198 Å². The second kappa shape index (κ2) is 8.35. The molecule has 7 atom stereocenters. The van der Waals surface area contributed by atoms with Crippen LogP contribution in [0.4, 0.5) is 0 Å². The maximum Gasteiger partial charge on any atom is 0.184 e. The molecule has 0 aromatic carbocycles. The largest absolute Gasteiger partial charge is 0.414 e. The third-order valence-corrected chi connectivity index (χ3v) is 11.1. The number of allylic oxidation sites excluding steroid dienone is 1. The van der Waals surface area contributed by atoms with Crippen molar-refractivity contribution in [3.63, 3.8) is 0 Å². The van der Waals surface area contributed by atoms with E-state index in [1.54, 1.807) is 12.7 Å². The first-order chi connectivity index (χ1) is 14.8. The molecule has 4 aliphatic carbocycles. The van der Waals surface area contributed by atoms with Gasteiger partial charge >= 0.3 is 0 Å². The van der Waals surface area contributed by atoms with Crippen molar-refractivity contribution in [2.24, 2.45) is 33.7 Å². The van der Waals surface area contributed by atoms with E-state index in [1.807, 2.05) is 0 Å². The Hall–Kier alpha value is -0.436. The molecule has 0 bridgehead atoms. The SMILES string of the molecule is CO/N=C1/C=C2C[C@@H](O[Si](C)(C)C)CC[C@]2(C)C2CC[C@@]3(C)C(CC[C@@H]3O[Si](C)(C)C)C12. The van der Waals surface area contributed by atoms with Crippen molar-refractivity contribution in [3.05, 3.63) is 11.6 Å². The van der Waals surface area contributed by atoms with Gasteiger partial charge in [0.05, 0.1) is 11.8 Å². The molecule has 0 N–H and O–H groups in total. The summed E-state index contributed by atoms with van der Waals surface area (Å²) in [6.07, 6.45) is 11.7. The fourth-order valence-corrected chi connectivity index (χ4v) is 10.2. The maximum absolute atomic E-state index is 6.78. The van der Waals surface area contributed by atoms with E-state index in [2.05, 4.69) is 64.4 Å². The minimum atomic E-state index is -1.57. The molecule has 0 aromatic heterocycles. The molecule has 0 saturated heterocycles. The topological polar surface area (TPSA) is 40.0 Å². The molecule has 4 nitrogen and oxygen atoms in total. The van der Waals surface area contributed by atoms with Crippen LogP contribution in [-0.4, -0.2) is 41.7 Å². The van der Waals surface area contributed by atoms with Crippen molar-refractivity contribution in [2.75, 3.05) is 7.11 Å². The Morgan fingerprint density at radius 3 is 2.19 bits per heavy atom. The summed E-state index contributed by atoms with van der Waals surface area (Å²) in [4.78, 5) is 5.43. The molecule has 3 fully saturated rings. The van der Waals surface area contributed by atoms with E-state index < -0.39 is 16.6 Å². The minimum absolute atomic E-state index is 0.260. The van der Waals surface area contributed by atoms with Crippen LogP contribution in [0, 0.1) is 28.6 Å². The fourth-order valence-electron chi connectivity index (χ4n) is 7.76. The third-order valence-electron chi connectivity index (χ3n) is 9.05. The number of fused-ring (bicyclic) bond motifs is 5. The molecule has 0 aromatic rings. The highest BCUT2D eigenvalue weighted by Crippen LogP contribution is 2.65. The zero-order chi connectivity index (χ0) is 23.5. The summed E-state index contributed by atoms with van der Waals surface area (Å²) >= 11 is 0. The summed E-state index contributed by atoms with van der Waals surface area (Å²) in [5, 5.41) is 4.66. The van der Waals surface area contributed by atoms with Crippen LogP contribution >= 0.6 is 0 Å². The van der Waals surface area contributed by atoms with Crippen LogP contribution in [0.15, 0.2) is 16.8 Å². The smallest absolute Gasteiger partial charge is 0.184 e. The van der Waals surface area contributed by atoms with Gasteiger partial charge in [0.1, 0.15) is 7.11 Å². The average molecular weight is 478 g/mol. The van der Waals surface area contributed by atoms with Gasteiger partial charge in [-0.05, 0) is 113 Å².